The van der Waals surface area contributed by atoms with Gasteiger partial charge in [0.1, 0.15) is 0 Å². The largest absolute Gasteiger partial charge is 0.325 e. The van der Waals surface area contributed by atoms with Crippen molar-refractivity contribution in [1.82, 2.24) is 9.55 Å². The van der Waals surface area contributed by atoms with E-state index in [1.807, 2.05) is 6.20 Å². The smallest absolute Gasteiger partial charge is 0.177 e. The van der Waals surface area contributed by atoms with Crippen LogP contribution in [0.15, 0.2) is 17.1 Å². The molecule has 1 aromatic heterocycles. The standard InChI is InChI=1S/C13H23BrN2/c1-3-5-6-7-8-12(4-2)11-16-10-9-15-13(16)14/h9-10,12H,3-8,11H2,1-2H3. The molecule has 0 saturated carbocycles. The molecule has 0 amide bonds. The lowest BCUT2D eigenvalue weighted by Crippen LogP contribution is -2.09. The quantitative estimate of drug-likeness (QED) is 0.637. The van der Waals surface area contributed by atoms with Crippen molar-refractivity contribution in [3.05, 3.63) is 17.1 Å². The molecule has 92 valence electrons. The third kappa shape index (κ3) is 4.69. The molecule has 0 fully saturated rings. The molecule has 0 aliphatic rings. The first kappa shape index (κ1) is 13.8. The fourth-order valence-corrected chi connectivity index (χ4v) is 2.39. The fourth-order valence-electron chi connectivity index (χ4n) is 2.01. The lowest BCUT2D eigenvalue weighted by Gasteiger charge is -2.15. The Morgan fingerprint density at radius 1 is 1.31 bits per heavy atom. The summed E-state index contributed by atoms with van der Waals surface area (Å²) in [6.07, 6.45) is 12.0. The Kier molecular flexibility index (Phi) is 6.78. The summed E-state index contributed by atoms with van der Waals surface area (Å²) in [5, 5.41) is 0. The topological polar surface area (TPSA) is 17.8 Å². The van der Waals surface area contributed by atoms with Crippen LogP contribution in [0.25, 0.3) is 0 Å². The normalized spacial score (nSPS) is 12.9. The minimum atomic E-state index is 0.794. The molecule has 0 saturated heterocycles. The van der Waals surface area contributed by atoms with E-state index in [1.165, 1.54) is 38.5 Å². The maximum absolute atomic E-state index is 4.19. The van der Waals surface area contributed by atoms with Gasteiger partial charge in [0.05, 0.1) is 0 Å². The summed E-state index contributed by atoms with van der Waals surface area (Å²) in [6.45, 7) is 5.65. The van der Waals surface area contributed by atoms with Gasteiger partial charge >= 0.3 is 0 Å². The van der Waals surface area contributed by atoms with E-state index in [0.717, 1.165) is 17.2 Å². The van der Waals surface area contributed by atoms with Gasteiger partial charge in [-0.2, -0.15) is 0 Å². The Balaban J connectivity index is 2.29. The number of unbranched alkanes of at least 4 members (excludes halogenated alkanes) is 3. The molecular weight excluding hydrogens is 264 g/mol. The van der Waals surface area contributed by atoms with Gasteiger partial charge in [0.15, 0.2) is 4.73 Å². The minimum Gasteiger partial charge on any atom is -0.325 e. The number of aromatic nitrogens is 2. The second-order valence-electron chi connectivity index (χ2n) is 4.47. The highest BCUT2D eigenvalue weighted by Gasteiger charge is 2.08. The lowest BCUT2D eigenvalue weighted by atomic mass is 9.98. The molecule has 2 nitrogen and oxygen atoms in total. The Morgan fingerprint density at radius 3 is 2.69 bits per heavy atom. The van der Waals surface area contributed by atoms with Crippen molar-refractivity contribution in [3.63, 3.8) is 0 Å². The van der Waals surface area contributed by atoms with Crippen molar-refractivity contribution in [1.29, 1.82) is 0 Å². The average molecular weight is 287 g/mol. The molecule has 0 N–H and O–H groups in total. The van der Waals surface area contributed by atoms with Gasteiger partial charge in [-0.25, -0.2) is 4.98 Å². The predicted molar refractivity (Wildman–Crippen MR) is 72.5 cm³/mol. The van der Waals surface area contributed by atoms with E-state index in [9.17, 15) is 0 Å². The van der Waals surface area contributed by atoms with E-state index in [2.05, 4.69) is 45.5 Å². The first-order valence-corrected chi connectivity index (χ1v) is 7.23. The third-order valence-electron chi connectivity index (χ3n) is 3.16. The van der Waals surface area contributed by atoms with Gasteiger partial charge in [-0.3, -0.25) is 0 Å². The van der Waals surface area contributed by atoms with Crippen LogP contribution in [0.5, 0.6) is 0 Å². The molecule has 1 rings (SSSR count). The third-order valence-corrected chi connectivity index (χ3v) is 3.82. The van der Waals surface area contributed by atoms with Crippen molar-refractivity contribution in [2.24, 2.45) is 5.92 Å². The maximum Gasteiger partial charge on any atom is 0.177 e. The van der Waals surface area contributed by atoms with Crippen molar-refractivity contribution in [2.45, 2.75) is 58.9 Å². The van der Waals surface area contributed by atoms with Gasteiger partial charge in [0.25, 0.3) is 0 Å². The van der Waals surface area contributed by atoms with Crippen molar-refractivity contribution in [3.8, 4) is 0 Å². The fraction of sp³-hybridized carbons (Fsp3) is 0.769. The highest BCUT2D eigenvalue weighted by Crippen LogP contribution is 2.18. The van der Waals surface area contributed by atoms with E-state index in [1.54, 1.807) is 0 Å². The Hall–Kier alpha value is -0.310. The van der Waals surface area contributed by atoms with Crippen LogP contribution in [0.2, 0.25) is 0 Å². The van der Waals surface area contributed by atoms with Crippen molar-refractivity contribution < 1.29 is 0 Å². The zero-order valence-electron chi connectivity index (χ0n) is 10.5. The lowest BCUT2D eigenvalue weighted by molar-refractivity contribution is 0.382. The monoisotopic (exact) mass is 286 g/mol. The summed E-state index contributed by atoms with van der Waals surface area (Å²) in [4.78, 5) is 4.19. The van der Waals surface area contributed by atoms with Crippen molar-refractivity contribution >= 4 is 15.9 Å². The minimum absolute atomic E-state index is 0.794. The summed E-state index contributed by atoms with van der Waals surface area (Å²) in [5.74, 6) is 0.794. The molecule has 0 radical (unpaired) electrons. The number of halogens is 1. The van der Waals surface area contributed by atoms with Gasteiger partial charge in [-0.15, -0.1) is 0 Å². The van der Waals surface area contributed by atoms with E-state index >= 15 is 0 Å². The van der Waals surface area contributed by atoms with Crippen molar-refractivity contribution in [2.75, 3.05) is 0 Å². The second-order valence-corrected chi connectivity index (χ2v) is 5.18. The van der Waals surface area contributed by atoms with Gasteiger partial charge in [0, 0.05) is 18.9 Å². The molecule has 0 aliphatic carbocycles. The predicted octanol–water partition coefficient (Wildman–Crippen LogP) is 4.64. The summed E-state index contributed by atoms with van der Waals surface area (Å²) < 4.78 is 3.16. The molecule has 1 atom stereocenters. The molecule has 16 heavy (non-hydrogen) atoms. The summed E-state index contributed by atoms with van der Waals surface area (Å²) in [5.41, 5.74) is 0. The summed E-state index contributed by atoms with van der Waals surface area (Å²) in [7, 11) is 0. The maximum atomic E-state index is 4.19. The molecule has 1 heterocycles. The number of hydrogen-bond acceptors (Lipinski definition) is 1. The van der Waals surface area contributed by atoms with Crippen LogP contribution < -0.4 is 0 Å². The summed E-state index contributed by atoms with van der Waals surface area (Å²) in [6, 6.07) is 0. The molecule has 0 bridgehead atoms. The molecular formula is C13H23BrN2. The van der Waals surface area contributed by atoms with Gasteiger partial charge in [-0.05, 0) is 28.3 Å². The van der Waals surface area contributed by atoms with Crippen LogP contribution >= 0.6 is 15.9 Å². The molecule has 3 heteroatoms. The zero-order valence-corrected chi connectivity index (χ0v) is 12.0. The summed E-state index contributed by atoms with van der Waals surface area (Å²) >= 11 is 3.47. The number of hydrogen-bond donors (Lipinski definition) is 0. The van der Waals surface area contributed by atoms with Gasteiger partial charge in [0.2, 0.25) is 0 Å². The SMILES string of the molecule is CCCCCCC(CC)Cn1ccnc1Br. The Labute approximate surface area is 108 Å². The van der Waals surface area contributed by atoms with E-state index in [-0.39, 0.29) is 0 Å². The van der Waals surface area contributed by atoms with E-state index in [4.69, 9.17) is 0 Å². The van der Waals surface area contributed by atoms with E-state index in [0.29, 0.717) is 0 Å². The van der Waals surface area contributed by atoms with Gasteiger partial charge < -0.3 is 4.57 Å². The van der Waals surface area contributed by atoms with Crippen LogP contribution in [0.4, 0.5) is 0 Å². The van der Waals surface area contributed by atoms with Crippen LogP contribution in [0.1, 0.15) is 52.4 Å². The average Bonchev–Trinajstić information content (AvgIpc) is 2.68. The van der Waals surface area contributed by atoms with Crippen LogP contribution in [0.3, 0.4) is 0 Å². The van der Waals surface area contributed by atoms with Gasteiger partial charge in [-0.1, -0.05) is 46.0 Å². The number of rotatable bonds is 8. The number of imidazole rings is 1. The van der Waals surface area contributed by atoms with Crippen LogP contribution in [0, 0.1) is 5.92 Å². The Bertz CT molecular complexity index is 283. The molecule has 1 unspecified atom stereocenters. The molecule has 0 spiro atoms. The second kappa shape index (κ2) is 7.88. The molecule has 0 aromatic carbocycles. The Morgan fingerprint density at radius 2 is 2.12 bits per heavy atom. The number of nitrogens with zero attached hydrogens (tertiary/aromatic N) is 2. The molecule has 0 aliphatic heterocycles. The first-order chi connectivity index (χ1) is 7.77. The van der Waals surface area contributed by atoms with Crippen LogP contribution in [-0.4, -0.2) is 9.55 Å². The van der Waals surface area contributed by atoms with Crippen LogP contribution in [-0.2, 0) is 6.54 Å². The highest BCUT2D eigenvalue weighted by molar-refractivity contribution is 9.10. The first-order valence-electron chi connectivity index (χ1n) is 6.44. The van der Waals surface area contributed by atoms with E-state index < -0.39 is 0 Å². The highest BCUT2D eigenvalue weighted by atomic mass is 79.9. The molecule has 1 aromatic rings. The zero-order chi connectivity index (χ0) is 11.8.